The predicted molar refractivity (Wildman–Crippen MR) is 66.3 cm³/mol. The Kier molecular flexibility index (Phi) is 3.10. The number of methoxy groups -OCH3 is 1. The van der Waals surface area contributed by atoms with E-state index in [9.17, 15) is 4.79 Å². The Morgan fingerprint density at radius 1 is 1.47 bits per heavy atom. The Morgan fingerprint density at radius 2 is 2.24 bits per heavy atom. The lowest BCUT2D eigenvalue weighted by atomic mass is 10.2. The molecular formula is C12H15N3O2. The second-order valence-electron chi connectivity index (χ2n) is 3.80. The molecule has 5 nitrogen and oxygen atoms in total. The Labute approximate surface area is 99.0 Å². The largest absolute Gasteiger partial charge is 0.497 e. The molecule has 90 valence electrons. The predicted octanol–water partition coefficient (Wildman–Crippen LogP) is 1.14. The van der Waals surface area contributed by atoms with E-state index in [4.69, 9.17) is 4.74 Å². The molecule has 1 unspecified atom stereocenters. The van der Waals surface area contributed by atoms with Crippen molar-refractivity contribution < 1.29 is 4.74 Å². The van der Waals surface area contributed by atoms with Crippen LogP contribution in [0.4, 0.5) is 0 Å². The molecule has 0 radical (unpaired) electrons. The molecule has 17 heavy (non-hydrogen) atoms. The Bertz CT molecular complexity index is 592. The molecular weight excluding hydrogens is 218 g/mol. The van der Waals surface area contributed by atoms with E-state index in [2.05, 4.69) is 10.3 Å². The fraction of sp³-hybridized carbons (Fsp3) is 0.333. The van der Waals surface area contributed by atoms with Gasteiger partial charge in [-0.2, -0.15) is 0 Å². The maximum absolute atomic E-state index is 12.2. The van der Waals surface area contributed by atoms with E-state index in [0.717, 1.165) is 0 Å². The van der Waals surface area contributed by atoms with Gasteiger partial charge in [-0.15, -0.1) is 0 Å². The number of hydrogen-bond donors (Lipinski definition) is 1. The highest BCUT2D eigenvalue weighted by atomic mass is 16.5. The molecule has 0 spiro atoms. The van der Waals surface area contributed by atoms with E-state index < -0.39 is 0 Å². The summed E-state index contributed by atoms with van der Waals surface area (Å²) in [6.07, 6.45) is 1.46. The SMILES string of the molecule is CNC(C)n1cnc2cc(OC)ccc2c1=O. The van der Waals surface area contributed by atoms with Crippen LogP contribution in [0.2, 0.25) is 0 Å². The summed E-state index contributed by atoms with van der Waals surface area (Å²) < 4.78 is 6.66. The van der Waals surface area contributed by atoms with Crippen molar-refractivity contribution in [2.75, 3.05) is 14.2 Å². The van der Waals surface area contributed by atoms with Crippen molar-refractivity contribution in [1.29, 1.82) is 0 Å². The van der Waals surface area contributed by atoms with Gasteiger partial charge in [0.2, 0.25) is 0 Å². The number of aromatic nitrogens is 2. The molecule has 1 heterocycles. The first-order chi connectivity index (χ1) is 8.17. The van der Waals surface area contributed by atoms with Gasteiger partial charge in [0, 0.05) is 6.07 Å². The minimum atomic E-state index is -0.0819. The number of fused-ring (bicyclic) bond motifs is 1. The van der Waals surface area contributed by atoms with Gasteiger partial charge in [-0.1, -0.05) is 0 Å². The van der Waals surface area contributed by atoms with Crippen molar-refractivity contribution in [3.63, 3.8) is 0 Å². The van der Waals surface area contributed by atoms with Crippen molar-refractivity contribution in [2.24, 2.45) is 0 Å². The highest BCUT2D eigenvalue weighted by Gasteiger charge is 2.08. The second kappa shape index (κ2) is 4.55. The molecule has 0 aliphatic rings. The summed E-state index contributed by atoms with van der Waals surface area (Å²) >= 11 is 0. The summed E-state index contributed by atoms with van der Waals surface area (Å²) in [4.78, 5) is 16.4. The van der Waals surface area contributed by atoms with E-state index in [0.29, 0.717) is 16.7 Å². The van der Waals surface area contributed by atoms with Gasteiger partial charge in [-0.05, 0) is 26.1 Å². The van der Waals surface area contributed by atoms with Gasteiger partial charge in [0.15, 0.2) is 0 Å². The molecule has 0 saturated heterocycles. The summed E-state index contributed by atoms with van der Waals surface area (Å²) in [5.41, 5.74) is 0.591. The Hall–Kier alpha value is -1.88. The van der Waals surface area contributed by atoms with Crippen LogP contribution in [0.25, 0.3) is 10.9 Å². The first-order valence-electron chi connectivity index (χ1n) is 5.39. The van der Waals surface area contributed by atoms with Crippen LogP contribution in [0.15, 0.2) is 29.3 Å². The van der Waals surface area contributed by atoms with Crippen LogP contribution < -0.4 is 15.6 Å². The molecule has 0 amide bonds. The molecule has 5 heteroatoms. The zero-order chi connectivity index (χ0) is 12.4. The summed E-state index contributed by atoms with van der Waals surface area (Å²) in [5.74, 6) is 0.698. The Balaban J connectivity index is 2.65. The van der Waals surface area contributed by atoms with Crippen LogP contribution in [0.5, 0.6) is 5.75 Å². The average Bonchev–Trinajstić information content (AvgIpc) is 2.38. The Morgan fingerprint density at radius 3 is 2.88 bits per heavy atom. The first kappa shape index (κ1) is 11.6. The third kappa shape index (κ3) is 2.01. The first-order valence-corrected chi connectivity index (χ1v) is 5.39. The molecule has 1 aromatic heterocycles. The summed E-state index contributed by atoms with van der Waals surface area (Å²) in [5, 5.41) is 3.60. The van der Waals surface area contributed by atoms with Gasteiger partial charge in [0.05, 0.1) is 30.5 Å². The number of hydrogen-bond acceptors (Lipinski definition) is 4. The molecule has 1 N–H and O–H groups in total. The van der Waals surface area contributed by atoms with Crippen LogP contribution in [0.1, 0.15) is 13.1 Å². The van der Waals surface area contributed by atoms with Crippen molar-refractivity contribution >= 4 is 10.9 Å². The molecule has 2 aromatic rings. The average molecular weight is 233 g/mol. The number of nitrogens with zero attached hydrogens (tertiary/aromatic N) is 2. The maximum Gasteiger partial charge on any atom is 0.262 e. The van der Waals surface area contributed by atoms with E-state index in [1.807, 2.05) is 6.92 Å². The lowest BCUT2D eigenvalue weighted by Gasteiger charge is -2.14. The standard InChI is InChI=1S/C12H15N3O2/c1-8(13-2)15-7-14-11-6-9(17-3)4-5-10(11)12(15)16/h4-8,13H,1-3H3. The normalized spacial score (nSPS) is 12.6. The number of rotatable bonds is 3. The van der Waals surface area contributed by atoms with Crippen molar-refractivity contribution in [2.45, 2.75) is 13.1 Å². The zero-order valence-electron chi connectivity index (χ0n) is 10.1. The lowest BCUT2D eigenvalue weighted by molar-refractivity contribution is 0.415. The summed E-state index contributed by atoms with van der Waals surface area (Å²) in [6, 6.07) is 5.26. The van der Waals surface area contributed by atoms with Crippen molar-refractivity contribution in [3.8, 4) is 5.75 Å². The fourth-order valence-corrected chi connectivity index (χ4v) is 1.66. The molecule has 1 aromatic carbocycles. The van der Waals surface area contributed by atoms with Gasteiger partial charge in [-0.25, -0.2) is 4.98 Å². The number of benzene rings is 1. The van der Waals surface area contributed by atoms with Crippen molar-refractivity contribution in [3.05, 3.63) is 34.9 Å². The molecule has 0 aliphatic carbocycles. The maximum atomic E-state index is 12.2. The molecule has 0 aliphatic heterocycles. The quantitative estimate of drug-likeness (QED) is 0.863. The van der Waals surface area contributed by atoms with Crippen LogP contribution >= 0.6 is 0 Å². The topological polar surface area (TPSA) is 56.1 Å². The summed E-state index contributed by atoms with van der Waals surface area (Å²) in [6.45, 7) is 1.90. The smallest absolute Gasteiger partial charge is 0.262 e. The van der Waals surface area contributed by atoms with E-state index >= 15 is 0 Å². The highest BCUT2D eigenvalue weighted by Crippen LogP contribution is 2.16. The van der Waals surface area contributed by atoms with E-state index in [-0.39, 0.29) is 11.7 Å². The van der Waals surface area contributed by atoms with Gasteiger partial charge in [0.1, 0.15) is 5.75 Å². The molecule has 2 rings (SSSR count). The molecule has 0 saturated carbocycles. The van der Waals surface area contributed by atoms with Crippen molar-refractivity contribution in [1.82, 2.24) is 14.9 Å². The van der Waals surface area contributed by atoms with Crippen LogP contribution in [-0.4, -0.2) is 23.7 Å². The number of ether oxygens (including phenoxy) is 1. The third-order valence-electron chi connectivity index (χ3n) is 2.83. The van der Waals surface area contributed by atoms with Gasteiger partial charge >= 0.3 is 0 Å². The zero-order valence-corrected chi connectivity index (χ0v) is 10.1. The minimum absolute atomic E-state index is 0.0560. The number of nitrogens with one attached hydrogen (secondary N) is 1. The van der Waals surface area contributed by atoms with Crippen LogP contribution in [0.3, 0.4) is 0 Å². The monoisotopic (exact) mass is 233 g/mol. The third-order valence-corrected chi connectivity index (χ3v) is 2.83. The molecule has 1 atom stereocenters. The lowest BCUT2D eigenvalue weighted by Crippen LogP contribution is -2.30. The van der Waals surface area contributed by atoms with E-state index in [1.165, 1.54) is 0 Å². The molecule has 0 fully saturated rings. The van der Waals surface area contributed by atoms with Gasteiger partial charge < -0.3 is 10.1 Å². The second-order valence-corrected chi connectivity index (χ2v) is 3.80. The highest BCUT2D eigenvalue weighted by molar-refractivity contribution is 5.78. The van der Waals surface area contributed by atoms with E-state index in [1.54, 1.807) is 43.3 Å². The van der Waals surface area contributed by atoms with Crippen LogP contribution in [0, 0.1) is 0 Å². The fourth-order valence-electron chi connectivity index (χ4n) is 1.66. The minimum Gasteiger partial charge on any atom is -0.497 e. The van der Waals surface area contributed by atoms with Gasteiger partial charge in [-0.3, -0.25) is 9.36 Å². The van der Waals surface area contributed by atoms with Crippen LogP contribution in [-0.2, 0) is 0 Å². The molecule has 0 bridgehead atoms. The summed E-state index contributed by atoms with van der Waals surface area (Å²) in [7, 11) is 3.39. The van der Waals surface area contributed by atoms with Gasteiger partial charge in [0.25, 0.3) is 5.56 Å².